The maximum Gasteiger partial charge on any atom is 0.270 e. The van der Waals surface area contributed by atoms with Gasteiger partial charge >= 0.3 is 0 Å². The highest BCUT2D eigenvalue weighted by Crippen LogP contribution is 2.35. The van der Waals surface area contributed by atoms with Crippen LogP contribution in [0, 0.1) is 5.82 Å². The molecular formula is C24H14BrCl2FN2O3S. The molecule has 3 aromatic rings. The Morgan fingerprint density at radius 1 is 1.09 bits per heavy atom. The molecule has 172 valence electrons. The summed E-state index contributed by atoms with van der Waals surface area (Å²) in [6, 6.07) is 16.1. The molecule has 3 aromatic carbocycles. The highest BCUT2D eigenvalue weighted by Gasteiger charge is 2.35. The molecule has 1 N–H and O–H groups in total. The van der Waals surface area contributed by atoms with Crippen molar-refractivity contribution in [3.05, 3.63) is 97.7 Å². The molecule has 1 saturated heterocycles. The number of carbonyl (C=O) groups is 2. The topological polar surface area (TPSA) is 58.6 Å². The maximum atomic E-state index is 13.8. The van der Waals surface area contributed by atoms with Gasteiger partial charge in [0.1, 0.15) is 23.7 Å². The van der Waals surface area contributed by atoms with Gasteiger partial charge in [-0.15, -0.1) is 0 Å². The van der Waals surface area contributed by atoms with Gasteiger partial charge in [-0.3, -0.25) is 19.8 Å². The number of amides is 2. The van der Waals surface area contributed by atoms with Crippen LogP contribution in [0.25, 0.3) is 6.08 Å². The predicted octanol–water partition coefficient (Wildman–Crippen LogP) is 6.31. The van der Waals surface area contributed by atoms with Crippen molar-refractivity contribution >= 4 is 80.0 Å². The molecule has 1 fully saturated rings. The van der Waals surface area contributed by atoms with Gasteiger partial charge in [0.05, 0.1) is 20.2 Å². The average Bonchev–Trinajstić information content (AvgIpc) is 2.79. The number of hydrogen-bond donors (Lipinski definition) is 1. The van der Waals surface area contributed by atoms with Crippen LogP contribution < -0.4 is 15.0 Å². The quantitative estimate of drug-likeness (QED) is 0.219. The molecule has 0 aromatic heterocycles. The number of nitrogens with one attached hydrogen (secondary N) is 1. The van der Waals surface area contributed by atoms with Gasteiger partial charge in [0, 0.05) is 5.56 Å². The van der Waals surface area contributed by atoms with Crippen LogP contribution in [0.3, 0.4) is 0 Å². The summed E-state index contributed by atoms with van der Waals surface area (Å²) in [5.74, 6) is -1.17. The van der Waals surface area contributed by atoms with E-state index in [-0.39, 0.29) is 38.8 Å². The summed E-state index contributed by atoms with van der Waals surface area (Å²) in [5.41, 5.74) is 1.08. The van der Waals surface area contributed by atoms with Gasteiger partial charge < -0.3 is 4.74 Å². The fraction of sp³-hybridized carbons (Fsp3) is 0.0417. The van der Waals surface area contributed by atoms with Gasteiger partial charge in [-0.25, -0.2) is 4.39 Å². The average molecular weight is 580 g/mol. The lowest BCUT2D eigenvalue weighted by Crippen LogP contribution is -2.54. The Kier molecular flexibility index (Phi) is 7.33. The van der Waals surface area contributed by atoms with Crippen LogP contribution in [-0.4, -0.2) is 16.9 Å². The molecule has 1 aliphatic rings. The summed E-state index contributed by atoms with van der Waals surface area (Å²) < 4.78 is 20.1. The highest BCUT2D eigenvalue weighted by atomic mass is 79.9. The highest BCUT2D eigenvalue weighted by molar-refractivity contribution is 9.10. The molecule has 0 atom stereocenters. The van der Waals surface area contributed by atoms with E-state index < -0.39 is 11.8 Å². The van der Waals surface area contributed by atoms with E-state index in [2.05, 4.69) is 21.2 Å². The largest absolute Gasteiger partial charge is 0.488 e. The lowest BCUT2D eigenvalue weighted by atomic mass is 10.1. The number of anilines is 1. The van der Waals surface area contributed by atoms with Crippen molar-refractivity contribution < 1.29 is 18.7 Å². The second kappa shape index (κ2) is 10.2. The van der Waals surface area contributed by atoms with E-state index in [1.807, 2.05) is 0 Å². The van der Waals surface area contributed by atoms with Gasteiger partial charge in [-0.1, -0.05) is 53.5 Å². The van der Waals surface area contributed by atoms with E-state index in [0.29, 0.717) is 21.3 Å². The van der Waals surface area contributed by atoms with Crippen molar-refractivity contribution in [2.45, 2.75) is 6.61 Å². The molecule has 5 nitrogen and oxygen atoms in total. The second-order valence-corrected chi connectivity index (χ2v) is 9.13. The molecule has 4 rings (SSSR count). The lowest BCUT2D eigenvalue weighted by molar-refractivity contribution is -0.122. The van der Waals surface area contributed by atoms with Crippen molar-refractivity contribution in [1.82, 2.24) is 5.32 Å². The monoisotopic (exact) mass is 578 g/mol. The van der Waals surface area contributed by atoms with Crippen molar-refractivity contribution in [2.75, 3.05) is 4.90 Å². The number of rotatable bonds is 5. The van der Waals surface area contributed by atoms with Gasteiger partial charge in [0.25, 0.3) is 11.8 Å². The standard InChI is InChI=1S/C24H14BrCl2FN2O3S/c25-16-11-13(8-9-20(16)33-12-14-4-1-2-6-18(14)28)10-15-22(31)29-24(34)30(23(15)32)19-7-3-5-17(26)21(19)27/h1-11H,12H2,(H,29,31,34)/b15-10+. The van der Waals surface area contributed by atoms with E-state index >= 15 is 0 Å². The zero-order valence-corrected chi connectivity index (χ0v) is 21.1. The van der Waals surface area contributed by atoms with Gasteiger partial charge in [0.2, 0.25) is 0 Å². The Morgan fingerprint density at radius 2 is 1.85 bits per heavy atom. The molecular weight excluding hydrogens is 566 g/mol. The van der Waals surface area contributed by atoms with Crippen LogP contribution in [0.2, 0.25) is 10.0 Å². The fourth-order valence-corrected chi connectivity index (χ4v) is 4.37. The maximum absolute atomic E-state index is 13.8. The Morgan fingerprint density at radius 3 is 2.59 bits per heavy atom. The van der Waals surface area contributed by atoms with Crippen molar-refractivity contribution in [3.8, 4) is 5.75 Å². The third-order valence-electron chi connectivity index (χ3n) is 4.88. The van der Waals surface area contributed by atoms with Crippen LogP contribution in [-0.2, 0) is 16.2 Å². The predicted molar refractivity (Wildman–Crippen MR) is 138 cm³/mol. The number of nitrogens with zero attached hydrogens (tertiary/aromatic N) is 1. The van der Waals surface area contributed by atoms with E-state index in [1.165, 1.54) is 12.1 Å². The van der Waals surface area contributed by atoms with E-state index in [9.17, 15) is 14.0 Å². The molecule has 1 heterocycles. The summed E-state index contributed by atoms with van der Waals surface area (Å²) in [5, 5.41) is 2.77. The van der Waals surface area contributed by atoms with Gasteiger partial charge in [-0.2, -0.15) is 0 Å². The first-order chi connectivity index (χ1) is 16.3. The number of ether oxygens (including phenoxy) is 1. The first kappa shape index (κ1) is 24.3. The Hall–Kier alpha value is -2.78. The zero-order chi connectivity index (χ0) is 24.4. The smallest absolute Gasteiger partial charge is 0.270 e. The van der Waals surface area contributed by atoms with E-state index in [1.54, 1.807) is 54.6 Å². The third-order valence-corrected chi connectivity index (χ3v) is 6.60. The summed E-state index contributed by atoms with van der Waals surface area (Å²) >= 11 is 20.9. The van der Waals surface area contributed by atoms with Crippen molar-refractivity contribution in [3.63, 3.8) is 0 Å². The van der Waals surface area contributed by atoms with Crippen LogP contribution in [0.4, 0.5) is 10.1 Å². The zero-order valence-electron chi connectivity index (χ0n) is 17.2. The van der Waals surface area contributed by atoms with Crippen LogP contribution in [0.1, 0.15) is 11.1 Å². The molecule has 0 unspecified atom stereocenters. The Balaban J connectivity index is 1.60. The molecule has 10 heteroatoms. The fourth-order valence-electron chi connectivity index (χ4n) is 3.20. The first-order valence-electron chi connectivity index (χ1n) is 9.77. The second-order valence-electron chi connectivity index (χ2n) is 7.10. The minimum Gasteiger partial charge on any atom is -0.488 e. The van der Waals surface area contributed by atoms with Crippen LogP contribution in [0.15, 0.2) is 70.7 Å². The Labute approximate surface area is 218 Å². The molecule has 2 amide bonds. The summed E-state index contributed by atoms with van der Waals surface area (Å²) in [6.45, 7) is 0.0411. The molecule has 0 radical (unpaired) electrons. The summed E-state index contributed by atoms with van der Waals surface area (Å²) in [4.78, 5) is 26.9. The third kappa shape index (κ3) is 5.00. The van der Waals surface area contributed by atoms with E-state index in [0.717, 1.165) is 4.90 Å². The number of benzene rings is 3. The molecule has 0 spiro atoms. The molecule has 34 heavy (non-hydrogen) atoms. The van der Waals surface area contributed by atoms with E-state index in [4.69, 9.17) is 40.2 Å². The first-order valence-corrected chi connectivity index (χ1v) is 11.7. The normalized spacial score (nSPS) is 15.0. The number of halogens is 4. The summed E-state index contributed by atoms with van der Waals surface area (Å²) in [6.07, 6.45) is 1.43. The number of carbonyl (C=O) groups excluding carboxylic acids is 2. The molecule has 1 aliphatic heterocycles. The lowest BCUT2D eigenvalue weighted by Gasteiger charge is -2.29. The molecule has 0 aliphatic carbocycles. The number of hydrogen-bond acceptors (Lipinski definition) is 4. The summed E-state index contributed by atoms with van der Waals surface area (Å²) in [7, 11) is 0. The van der Waals surface area contributed by atoms with Crippen LogP contribution >= 0.6 is 51.3 Å². The van der Waals surface area contributed by atoms with Crippen molar-refractivity contribution in [1.29, 1.82) is 0 Å². The van der Waals surface area contributed by atoms with Gasteiger partial charge in [0.15, 0.2) is 5.11 Å². The van der Waals surface area contributed by atoms with Crippen LogP contribution in [0.5, 0.6) is 5.75 Å². The minimum atomic E-state index is -0.645. The van der Waals surface area contributed by atoms with Crippen molar-refractivity contribution in [2.24, 2.45) is 0 Å². The SMILES string of the molecule is O=C1NC(=S)N(c2cccc(Cl)c2Cl)C(=O)/C1=C/c1ccc(OCc2ccccc2F)c(Br)c1. The minimum absolute atomic E-state index is 0.0411. The van der Waals surface area contributed by atoms with Gasteiger partial charge in [-0.05, 0) is 70.1 Å². The Bertz CT molecular complexity index is 1370. The molecule has 0 bridgehead atoms. The molecule has 0 saturated carbocycles. The number of thiocarbonyl (C=S) groups is 1.